The fraction of sp³-hybridized carbons (Fsp3) is 0.238. The van der Waals surface area contributed by atoms with E-state index in [1.165, 1.54) is 19.2 Å². The first-order valence-corrected chi connectivity index (χ1v) is 8.96. The Morgan fingerprint density at radius 3 is 2.55 bits per heavy atom. The molecule has 0 saturated heterocycles. The zero-order valence-electron chi connectivity index (χ0n) is 15.9. The van der Waals surface area contributed by atoms with Gasteiger partial charge in [-0.05, 0) is 36.8 Å². The number of ether oxygens (including phenoxy) is 2. The van der Waals surface area contributed by atoms with E-state index in [0.717, 1.165) is 0 Å². The fourth-order valence-electron chi connectivity index (χ4n) is 3.31. The lowest BCUT2D eigenvalue weighted by Crippen LogP contribution is -2.21. The maximum Gasteiger partial charge on any atom is 0.306 e. The van der Waals surface area contributed by atoms with Gasteiger partial charge in [-0.3, -0.25) is 9.59 Å². The normalized spacial score (nSPS) is 11.9. The number of phenolic OH excluding ortho intramolecular Hbond substituents is 2. The summed E-state index contributed by atoms with van der Waals surface area (Å²) in [5, 5.41) is 31.2. The Labute approximate surface area is 166 Å². The standard InChI is InChI=1S/C21H21NO7/c1-3-29-17(24)10-13(11-8-15(23)20(26)16(9-11)28-2)18-19(25)12-6-4-5-7-14(12)22-21(18)27/h4-9,13,23,26H,3,10H2,1-2H3,(H2,22,25,27). The van der Waals surface area contributed by atoms with Crippen LogP contribution in [0.3, 0.4) is 0 Å². The summed E-state index contributed by atoms with van der Waals surface area (Å²) in [5.41, 5.74) is 0.104. The Morgan fingerprint density at radius 2 is 1.86 bits per heavy atom. The summed E-state index contributed by atoms with van der Waals surface area (Å²) < 4.78 is 10.1. The van der Waals surface area contributed by atoms with E-state index in [9.17, 15) is 24.9 Å². The number of para-hydroxylation sites is 1. The number of phenols is 2. The molecule has 0 saturated carbocycles. The molecule has 0 radical (unpaired) electrons. The number of nitrogens with one attached hydrogen (secondary N) is 1. The van der Waals surface area contributed by atoms with Gasteiger partial charge in [-0.25, -0.2) is 0 Å². The largest absolute Gasteiger partial charge is 0.507 e. The minimum atomic E-state index is -0.956. The predicted molar refractivity (Wildman–Crippen MR) is 106 cm³/mol. The van der Waals surface area contributed by atoms with Gasteiger partial charge in [0.1, 0.15) is 5.75 Å². The molecule has 2 aromatic carbocycles. The van der Waals surface area contributed by atoms with Crippen molar-refractivity contribution < 1.29 is 29.6 Å². The molecule has 3 aromatic rings. The van der Waals surface area contributed by atoms with Gasteiger partial charge in [-0.1, -0.05) is 12.1 Å². The molecule has 152 valence electrons. The lowest BCUT2D eigenvalue weighted by Gasteiger charge is -2.20. The number of carbonyl (C=O) groups is 1. The van der Waals surface area contributed by atoms with Gasteiger partial charge in [0, 0.05) is 11.3 Å². The number of fused-ring (bicyclic) bond motifs is 1. The molecule has 0 aliphatic carbocycles. The van der Waals surface area contributed by atoms with Crippen LogP contribution in [0.1, 0.15) is 30.4 Å². The zero-order valence-corrected chi connectivity index (χ0v) is 15.9. The number of esters is 1. The molecule has 0 bridgehead atoms. The quantitative estimate of drug-likeness (QED) is 0.370. The number of hydrogen-bond donors (Lipinski definition) is 4. The Hall–Kier alpha value is -3.68. The molecule has 0 spiro atoms. The summed E-state index contributed by atoms with van der Waals surface area (Å²) in [7, 11) is 1.30. The summed E-state index contributed by atoms with van der Waals surface area (Å²) in [6.45, 7) is 1.80. The van der Waals surface area contributed by atoms with E-state index in [1.54, 1.807) is 31.2 Å². The monoisotopic (exact) mass is 399 g/mol. The van der Waals surface area contributed by atoms with Crippen molar-refractivity contribution in [2.45, 2.75) is 19.3 Å². The molecular formula is C21H21NO7. The number of carbonyl (C=O) groups excluding carboxylic acids is 1. The lowest BCUT2D eigenvalue weighted by molar-refractivity contribution is -0.143. The molecule has 29 heavy (non-hydrogen) atoms. The second-order valence-electron chi connectivity index (χ2n) is 6.41. The van der Waals surface area contributed by atoms with E-state index in [1.807, 2.05) is 0 Å². The highest BCUT2D eigenvalue weighted by Gasteiger charge is 2.28. The summed E-state index contributed by atoms with van der Waals surface area (Å²) in [4.78, 5) is 27.7. The number of aromatic nitrogens is 1. The number of pyridine rings is 1. The summed E-state index contributed by atoms with van der Waals surface area (Å²) in [6, 6.07) is 9.33. The Balaban J connectivity index is 2.25. The molecule has 8 heteroatoms. The van der Waals surface area contributed by atoms with E-state index in [-0.39, 0.29) is 30.1 Å². The highest BCUT2D eigenvalue weighted by Crippen LogP contribution is 2.42. The highest BCUT2D eigenvalue weighted by atomic mass is 16.5. The average molecular weight is 399 g/mol. The van der Waals surface area contributed by atoms with Crippen molar-refractivity contribution in [3.63, 3.8) is 0 Å². The van der Waals surface area contributed by atoms with Crippen LogP contribution in [0.25, 0.3) is 10.9 Å². The average Bonchev–Trinajstić information content (AvgIpc) is 2.69. The first-order valence-electron chi connectivity index (χ1n) is 8.96. The number of methoxy groups -OCH3 is 1. The first-order chi connectivity index (χ1) is 13.9. The van der Waals surface area contributed by atoms with Crippen molar-refractivity contribution in [2.24, 2.45) is 0 Å². The Morgan fingerprint density at radius 1 is 1.14 bits per heavy atom. The third-order valence-corrected chi connectivity index (χ3v) is 4.65. The fourth-order valence-corrected chi connectivity index (χ4v) is 3.31. The molecule has 1 unspecified atom stereocenters. The highest BCUT2D eigenvalue weighted by molar-refractivity contribution is 5.86. The second-order valence-corrected chi connectivity index (χ2v) is 6.41. The maximum atomic E-state index is 12.8. The van der Waals surface area contributed by atoms with Crippen LogP contribution in [0.5, 0.6) is 23.0 Å². The molecular weight excluding hydrogens is 378 g/mol. The van der Waals surface area contributed by atoms with Gasteiger partial charge in [0.15, 0.2) is 11.5 Å². The van der Waals surface area contributed by atoms with Crippen LogP contribution in [-0.2, 0) is 9.53 Å². The van der Waals surface area contributed by atoms with Crippen LogP contribution >= 0.6 is 0 Å². The summed E-state index contributed by atoms with van der Waals surface area (Å²) in [5.74, 6) is -2.80. The molecule has 1 heterocycles. The third-order valence-electron chi connectivity index (χ3n) is 4.65. The molecule has 1 atom stereocenters. The topological polar surface area (TPSA) is 129 Å². The predicted octanol–water partition coefficient (Wildman–Crippen LogP) is 2.74. The zero-order chi connectivity index (χ0) is 21.1. The van der Waals surface area contributed by atoms with Gasteiger partial charge in [-0.2, -0.15) is 0 Å². The van der Waals surface area contributed by atoms with Gasteiger partial charge in [-0.15, -0.1) is 0 Å². The molecule has 4 N–H and O–H groups in total. The Kier molecular flexibility index (Phi) is 5.63. The number of H-pyrrole nitrogens is 1. The van der Waals surface area contributed by atoms with Gasteiger partial charge >= 0.3 is 5.97 Å². The number of benzene rings is 2. The van der Waals surface area contributed by atoms with E-state index in [2.05, 4.69) is 4.98 Å². The van der Waals surface area contributed by atoms with Crippen LogP contribution in [0.15, 0.2) is 41.2 Å². The van der Waals surface area contributed by atoms with Gasteiger partial charge < -0.3 is 29.8 Å². The molecule has 8 nitrogen and oxygen atoms in total. The molecule has 0 aliphatic rings. The second kappa shape index (κ2) is 8.14. The minimum absolute atomic E-state index is 0.0365. The van der Waals surface area contributed by atoms with Crippen LogP contribution in [0.2, 0.25) is 0 Å². The number of hydrogen-bond acceptors (Lipinski definition) is 7. The van der Waals surface area contributed by atoms with Crippen molar-refractivity contribution in [1.82, 2.24) is 4.98 Å². The molecule has 3 rings (SSSR count). The summed E-state index contributed by atoms with van der Waals surface area (Å²) >= 11 is 0. The third kappa shape index (κ3) is 3.82. The van der Waals surface area contributed by atoms with Crippen LogP contribution in [0, 0.1) is 0 Å². The maximum absolute atomic E-state index is 12.8. The van der Waals surface area contributed by atoms with Gasteiger partial charge in [0.05, 0.1) is 31.2 Å². The van der Waals surface area contributed by atoms with Crippen molar-refractivity contribution in [1.29, 1.82) is 0 Å². The lowest BCUT2D eigenvalue weighted by atomic mass is 9.87. The van der Waals surface area contributed by atoms with E-state index in [4.69, 9.17) is 9.47 Å². The molecule has 0 aliphatic heterocycles. The number of aromatic amines is 1. The van der Waals surface area contributed by atoms with E-state index in [0.29, 0.717) is 16.5 Å². The smallest absolute Gasteiger partial charge is 0.306 e. The van der Waals surface area contributed by atoms with Crippen molar-refractivity contribution >= 4 is 16.9 Å². The molecule has 1 aromatic heterocycles. The van der Waals surface area contributed by atoms with Gasteiger partial charge in [0.25, 0.3) is 5.56 Å². The van der Waals surface area contributed by atoms with Gasteiger partial charge in [0.2, 0.25) is 5.75 Å². The van der Waals surface area contributed by atoms with Crippen LogP contribution in [-0.4, -0.2) is 40.0 Å². The van der Waals surface area contributed by atoms with Crippen molar-refractivity contribution in [3.05, 3.63) is 57.9 Å². The van der Waals surface area contributed by atoms with E-state index >= 15 is 0 Å². The molecule has 0 amide bonds. The van der Waals surface area contributed by atoms with E-state index < -0.39 is 28.9 Å². The van der Waals surface area contributed by atoms with Crippen molar-refractivity contribution in [3.8, 4) is 23.0 Å². The minimum Gasteiger partial charge on any atom is -0.507 e. The first kappa shape index (κ1) is 20.1. The SMILES string of the molecule is CCOC(=O)CC(c1cc(O)c(O)c(OC)c1)c1c(O)c2ccccc2[nH]c1=O. The van der Waals surface area contributed by atoms with Crippen LogP contribution < -0.4 is 10.3 Å². The summed E-state index contributed by atoms with van der Waals surface area (Å²) in [6.07, 6.45) is -0.268. The molecule has 0 fully saturated rings. The van der Waals surface area contributed by atoms with Crippen molar-refractivity contribution in [2.75, 3.05) is 13.7 Å². The number of aromatic hydroxyl groups is 3. The van der Waals surface area contributed by atoms with Crippen LogP contribution in [0.4, 0.5) is 0 Å². The number of rotatable bonds is 6. The Bertz CT molecular complexity index is 1120.